The lowest BCUT2D eigenvalue weighted by Gasteiger charge is -2.34. The zero-order chi connectivity index (χ0) is 22.5. The van der Waals surface area contributed by atoms with E-state index in [2.05, 4.69) is 6.58 Å². The first-order valence-electron chi connectivity index (χ1n) is 9.85. The van der Waals surface area contributed by atoms with Gasteiger partial charge in [-0.05, 0) is 42.3 Å². The van der Waals surface area contributed by atoms with E-state index in [-0.39, 0.29) is 28.8 Å². The molecule has 8 heteroatoms. The molecular weight excluding hydrogens is 442 g/mol. The minimum absolute atomic E-state index is 0.0202. The lowest BCUT2D eigenvalue weighted by atomic mass is 9.99. The largest absolute Gasteiger partial charge is 0.496 e. The second kappa shape index (κ2) is 10.2. The van der Waals surface area contributed by atoms with E-state index in [1.54, 1.807) is 28.0 Å². The van der Waals surface area contributed by atoms with Gasteiger partial charge in [-0.2, -0.15) is 0 Å². The summed E-state index contributed by atoms with van der Waals surface area (Å²) in [5, 5.41) is 0.558. The zero-order valence-corrected chi connectivity index (χ0v) is 18.7. The average Bonchev–Trinajstić information content (AvgIpc) is 2.78. The fourth-order valence-electron chi connectivity index (χ4n) is 3.64. The molecule has 0 N–H and O–H groups in total. The number of aryl methyl sites for hydroxylation is 1. The van der Waals surface area contributed by atoms with Gasteiger partial charge in [0.15, 0.2) is 0 Å². The van der Waals surface area contributed by atoms with E-state index in [0.717, 1.165) is 5.56 Å². The molecule has 2 aromatic rings. The molecule has 0 atom stereocenters. The summed E-state index contributed by atoms with van der Waals surface area (Å²) in [5.74, 6) is -0.102. The van der Waals surface area contributed by atoms with Gasteiger partial charge in [0.2, 0.25) is 11.8 Å². The van der Waals surface area contributed by atoms with E-state index in [9.17, 15) is 14.0 Å². The monoisotopic (exact) mass is 464 g/mol. The predicted molar refractivity (Wildman–Crippen MR) is 120 cm³/mol. The van der Waals surface area contributed by atoms with Crippen LogP contribution in [-0.4, -0.2) is 54.9 Å². The fourth-order valence-corrected chi connectivity index (χ4v) is 4.15. The molecule has 0 unspecified atom stereocenters. The van der Waals surface area contributed by atoms with Gasteiger partial charge in [-0.25, -0.2) is 4.39 Å². The summed E-state index contributed by atoms with van der Waals surface area (Å²) in [6.45, 7) is 5.41. The lowest BCUT2D eigenvalue weighted by Crippen LogP contribution is -2.50. The third-order valence-electron chi connectivity index (χ3n) is 5.33. The normalized spacial score (nSPS) is 13.8. The number of benzene rings is 2. The molecule has 0 saturated carbocycles. The Balaban J connectivity index is 1.75. The molecule has 0 aliphatic carbocycles. The third-order valence-corrected chi connectivity index (χ3v) is 5.96. The highest BCUT2D eigenvalue weighted by Crippen LogP contribution is 2.39. The predicted octanol–water partition coefficient (Wildman–Crippen LogP) is 4.60. The summed E-state index contributed by atoms with van der Waals surface area (Å²) >= 11 is 12.6. The minimum Gasteiger partial charge on any atom is -0.496 e. The quantitative estimate of drug-likeness (QED) is 0.587. The standard InChI is InChI=1S/C23H23Cl2FN2O3/c1-3-21(29)27-9-11-28(12-10-27)22(30)8-7-15-13-16(18(25)14-20(15)31-2)23-17(24)5-4-6-19(23)26/h3-6,13-14H,1,7-12H2,2H3. The van der Waals surface area contributed by atoms with E-state index in [1.165, 1.54) is 25.3 Å². The molecule has 5 nitrogen and oxygen atoms in total. The number of amides is 2. The maximum Gasteiger partial charge on any atom is 0.246 e. The van der Waals surface area contributed by atoms with Gasteiger partial charge in [0.25, 0.3) is 0 Å². The SMILES string of the molecule is C=CC(=O)N1CCN(C(=O)CCc2cc(-c3c(F)cccc3Cl)c(Cl)cc2OC)CC1. The average molecular weight is 465 g/mol. The van der Waals surface area contributed by atoms with E-state index in [1.807, 2.05) is 0 Å². The van der Waals surface area contributed by atoms with Crippen LogP contribution in [-0.2, 0) is 16.0 Å². The molecule has 1 aliphatic rings. The van der Waals surface area contributed by atoms with Crippen LogP contribution in [0.5, 0.6) is 5.75 Å². The number of hydrogen-bond acceptors (Lipinski definition) is 3. The molecule has 2 aromatic carbocycles. The molecule has 0 bridgehead atoms. The molecular formula is C23H23Cl2FN2O3. The van der Waals surface area contributed by atoms with Crippen LogP contribution in [0.4, 0.5) is 4.39 Å². The van der Waals surface area contributed by atoms with Crippen molar-refractivity contribution in [3.8, 4) is 16.9 Å². The first-order valence-corrected chi connectivity index (χ1v) is 10.6. The molecule has 1 aliphatic heterocycles. The number of piperazine rings is 1. The van der Waals surface area contributed by atoms with Crippen LogP contribution in [0.2, 0.25) is 10.0 Å². The van der Waals surface area contributed by atoms with Crippen molar-refractivity contribution >= 4 is 35.0 Å². The number of hydrogen-bond donors (Lipinski definition) is 0. The first-order chi connectivity index (χ1) is 14.8. The smallest absolute Gasteiger partial charge is 0.246 e. The van der Waals surface area contributed by atoms with Gasteiger partial charge in [0, 0.05) is 43.7 Å². The Bertz CT molecular complexity index is 984. The van der Waals surface area contributed by atoms with Gasteiger partial charge in [-0.1, -0.05) is 35.8 Å². The Kier molecular flexibility index (Phi) is 7.57. The van der Waals surface area contributed by atoms with Gasteiger partial charge in [-0.15, -0.1) is 0 Å². The molecule has 0 aromatic heterocycles. The molecule has 1 heterocycles. The van der Waals surface area contributed by atoms with Gasteiger partial charge in [0.1, 0.15) is 11.6 Å². The molecule has 31 heavy (non-hydrogen) atoms. The van der Waals surface area contributed by atoms with Crippen molar-refractivity contribution in [2.24, 2.45) is 0 Å². The Morgan fingerprint density at radius 2 is 1.81 bits per heavy atom. The number of rotatable bonds is 6. The molecule has 1 fully saturated rings. The van der Waals surface area contributed by atoms with Crippen molar-refractivity contribution in [3.63, 3.8) is 0 Å². The van der Waals surface area contributed by atoms with Crippen LogP contribution in [0, 0.1) is 5.82 Å². The molecule has 3 rings (SSSR count). The van der Waals surface area contributed by atoms with Gasteiger partial charge in [0.05, 0.1) is 17.2 Å². The zero-order valence-electron chi connectivity index (χ0n) is 17.2. The van der Waals surface area contributed by atoms with Gasteiger partial charge < -0.3 is 14.5 Å². The summed E-state index contributed by atoms with van der Waals surface area (Å²) in [5.41, 5.74) is 1.40. The summed E-state index contributed by atoms with van der Waals surface area (Å²) in [7, 11) is 1.52. The number of nitrogens with zero attached hydrogens (tertiary/aromatic N) is 2. The van der Waals surface area contributed by atoms with Crippen molar-refractivity contribution in [2.45, 2.75) is 12.8 Å². The number of ether oxygens (including phenoxy) is 1. The fraction of sp³-hybridized carbons (Fsp3) is 0.304. The second-order valence-corrected chi connectivity index (χ2v) is 7.97. The topological polar surface area (TPSA) is 49.9 Å². The molecule has 0 radical (unpaired) electrons. The Labute approximate surface area is 191 Å². The van der Waals surface area contributed by atoms with Crippen LogP contribution in [0.25, 0.3) is 11.1 Å². The Morgan fingerprint density at radius 1 is 1.13 bits per heavy atom. The Morgan fingerprint density at radius 3 is 2.42 bits per heavy atom. The lowest BCUT2D eigenvalue weighted by molar-refractivity contribution is -0.137. The summed E-state index contributed by atoms with van der Waals surface area (Å²) in [6, 6.07) is 7.78. The van der Waals surface area contributed by atoms with Crippen molar-refractivity contribution in [2.75, 3.05) is 33.3 Å². The maximum atomic E-state index is 14.4. The van der Waals surface area contributed by atoms with Crippen molar-refractivity contribution in [1.29, 1.82) is 0 Å². The summed E-state index contributed by atoms with van der Waals surface area (Å²) in [4.78, 5) is 27.8. The van der Waals surface area contributed by atoms with E-state index in [0.29, 0.717) is 48.9 Å². The van der Waals surface area contributed by atoms with E-state index in [4.69, 9.17) is 27.9 Å². The summed E-state index contributed by atoms with van der Waals surface area (Å²) in [6.07, 6.45) is 1.92. The highest BCUT2D eigenvalue weighted by molar-refractivity contribution is 6.36. The summed E-state index contributed by atoms with van der Waals surface area (Å²) < 4.78 is 19.9. The van der Waals surface area contributed by atoms with Crippen LogP contribution < -0.4 is 4.74 Å². The van der Waals surface area contributed by atoms with Crippen molar-refractivity contribution in [1.82, 2.24) is 9.80 Å². The molecule has 2 amide bonds. The van der Waals surface area contributed by atoms with Crippen LogP contribution in [0.1, 0.15) is 12.0 Å². The van der Waals surface area contributed by atoms with Gasteiger partial charge >= 0.3 is 0 Å². The Hall–Kier alpha value is -2.57. The molecule has 0 spiro atoms. The molecule has 164 valence electrons. The van der Waals surface area contributed by atoms with Gasteiger partial charge in [-0.3, -0.25) is 9.59 Å². The van der Waals surface area contributed by atoms with E-state index < -0.39 is 5.82 Å². The first kappa shape index (κ1) is 23.1. The third kappa shape index (κ3) is 5.20. The minimum atomic E-state index is -0.478. The number of carbonyl (C=O) groups excluding carboxylic acids is 2. The highest BCUT2D eigenvalue weighted by Gasteiger charge is 2.23. The number of halogens is 3. The van der Waals surface area contributed by atoms with Crippen molar-refractivity contribution in [3.05, 3.63) is 64.4 Å². The van der Waals surface area contributed by atoms with E-state index >= 15 is 0 Å². The maximum absolute atomic E-state index is 14.4. The number of methoxy groups -OCH3 is 1. The van der Waals surface area contributed by atoms with Crippen LogP contribution >= 0.6 is 23.2 Å². The number of carbonyl (C=O) groups is 2. The molecule has 1 saturated heterocycles. The highest BCUT2D eigenvalue weighted by atomic mass is 35.5. The second-order valence-electron chi connectivity index (χ2n) is 7.15. The van der Waals surface area contributed by atoms with Crippen LogP contribution in [0.3, 0.4) is 0 Å². The van der Waals surface area contributed by atoms with Crippen molar-refractivity contribution < 1.29 is 18.7 Å². The van der Waals surface area contributed by atoms with Crippen LogP contribution in [0.15, 0.2) is 43.0 Å².